The molecular weight excluding hydrogens is 180 g/mol. The third-order valence-corrected chi connectivity index (χ3v) is 1.90. The van der Waals surface area contributed by atoms with E-state index in [-0.39, 0.29) is 0 Å². The topological polar surface area (TPSA) is 70.6 Å². The van der Waals surface area contributed by atoms with Gasteiger partial charge in [-0.15, -0.1) is 10.2 Å². The lowest BCUT2D eigenvalue weighted by Gasteiger charge is -2.15. The Labute approximate surface area is 83.1 Å². The fraction of sp³-hybridized carbons (Fsp3) is 0.750. The number of tetrazole rings is 1. The van der Waals surface area contributed by atoms with E-state index in [0.717, 1.165) is 13.1 Å². The number of hydrogen-bond donors (Lipinski definition) is 0. The zero-order chi connectivity index (χ0) is 10.4. The van der Waals surface area contributed by atoms with Crippen LogP contribution in [0.25, 0.3) is 0 Å². The van der Waals surface area contributed by atoms with Crippen LogP contribution in [0.3, 0.4) is 0 Å². The minimum absolute atomic E-state index is 0.536. The molecule has 1 heterocycles. The van der Waals surface area contributed by atoms with Crippen LogP contribution in [0.4, 0.5) is 0 Å². The molecule has 0 amide bonds. The zero-order valence-electron chi connectivity index (χ0n) is 8.51. The summed E-state index contributed by atoms with van der Waals surface area (Å²) in [6.07, 6.45) is 0.536. The summed E-state index contributed by atoms with van der Waals surface area (Å²) in [6, 6.07) is 2.12. The lowest BCUT2D eigenvalue weighted by atomic mass is 10.4. The Morgan fingerprint density at radius 2 is 2.36 bits per heavy atom. The molecule has 0 unspecified atom stereocenters. The van der Waals surface area contributed by atoms with E-state index in [4.69, 9.17) is 5.26 Å². The summed E-state index contributed by atoms with van der Waals surface area (Å²) in [5.74, 6) is 0.701. The highest BCUT2D eigenvalue weighted by Crippen LogP contribution is 1.97. The fourth-order valence-electron chi connectivity index (χ4n) is 1.14. The number of nitrogens with zero attached hydrogens (tertiary/aromatic N) is 6. The molecule has 1 aromatic heterocycles. The van der Waals surface area contributed by atoms with Gasteiger partial charge in [-0.1, -0.05) is 6.92 Å². The number of aromatic nitrogens is 4. The Balaban J connectivity index is 2.44. The minimum atomic E-state index is 0.536. The molecule has 0 spiro atoms. The first kappa shape index (κ1) is 10.6. The molecule has 0 radical (unpaired) electrons. The normalized spacial score (nSPS) is 10.4. The van der Waals surface area contributed by atoms with Crippen LogP contribution in [0, 0.1) is 11.3 Å². The Kier molecular flexibility index (Phi) is 4.01. The summed E-state index contributed by atoms with van der Waals surface area (Å²) < 4.78 is 0. The van der Waals surface area contributed by atoms with Crippen molar-refractivity contribution in [3.63, 3.8) is 0 Å². The molecule has 0 aliphatic heterocycles. The second-order valence-corrected chi connectivity index (χ2v) is 2.97. The summed E-state index contributed by atoms with van der Waals surface area (Å²) in [6.45, 7) is 4.35. The van der Waals surface area contributed by atoms with Crippen molar-refractivity contribution in [3.8, 4) is 6.07 Å². The first-order valence-electron chi connectivity index (χ1n) is 4.58. The van der Waals surface area contributed by atoms with Crippen molar-refractivity contribution in [2.45, 2.75) is 19.9 Å². The fourth-order valence-corrected chi connectivity index (χ4v) is 1.14. The molecule has 0 aliphatic rings. The maximum Gasteiger partial charge on any atom is 0.188 e. The van der Waals surface area contributed by atoms with Gasteiger partial charge in [0.25, 0.3) is 0 Å². The van der Waals surface area contributed by atoms with Gasteiger partial charge in [0.05, 0.1) is 19.7 Å². The minimum Gasteiger partial charge on any atom is -0.295 e. The van der Waals surface area contributed by atoms with E-state index in [2.05, 4.69) is 26.4 Å². The Morgan fingerprint density at radius 3 is 2.86 bits per heavy atom. The summed E-state index contributed by atoms with van der Waals surface area (Å²) in [7, 11) is 1.74. The largest absolute Gasteiger partial charge is 0.295 e. The highest BCUT2D eigenvalue weighted by molar-refractivity contribution is 4.79. The lowest BCUT2D eigenvalue weighted by Crippen LogP contribution is -2.24. The number of rotatable bonds is 5. The van der Waals surface area contributed by atoms with Crippen LogP contribution in [-0.4, -0.2) is 38.2 Å². The summed E-state index contributed by atoms with van der Waals surface area (Å²) in [5.41, 5.74) is 0. The average molecular weight is 194 g/mol. The summed E-state index contributed by atoms with van der Waals surface area (Å²) in [4.78, 5) is 3.55. The van der Waals surface area contributed by atoms with Gasteiger partial charge in [-0.25, -0.2) is 0 Å². The molecule has 14 heavy (non-hydrogen) atoms. The van der Waals surface area contributed by atoms with Crippen LogP contribution < -0.4 is 0 Å². The SMILES string of the molecule is CCN(CCC#N)Cc1nnn(C)n1. The Hall–Kier alpha value is -1.48. The van der Waals surface area contributed by atoms with Crippen molar-refractivity contribution in [2.75, 3.05) is 13.1 Å². The molecule has 76 valence electrons. The standard InChI is InChI=1S/C8H14N6/c1-3-14(6-4-5-9)7-8-10-12-13(2)11-8/h3-4,6-7H2,1-2H3. The molecule has 0 aromatic carbocycles. The van der Waals surface area contributed by atoms with Gasteiger partial charge in [-0.05, 0) is 11.8 Å². The van der Waals surface area contributed by atoms with Crippen LogP contribution >= 0.6 is 0 Å². The second-order valence-electron chi connectivity index (χ2n) is 2.97. The van der Waals surface area contributed by atoms with Crippen molar-refractivity contribution in [1.29, 1.82) is 5.26 Å². The lowest BCUT2D eigenvalue weighted by molar-refractivity contribution is 0.279. The first-order chi connectivity index (χ1) is 6.76. The maximum atomic E-state index is 8.46. The number of hydrogen-bond acceptors (Lipinski definition) is 5. The van der Waals surface area contributed by atoms with Crippen molar-refractivity contribution >= 4 is 0 Å². The predicted molar refractivity (Wildman–Crippen MR) is 50.0 cm³/mol. The predicted octanol–water partition coefficient (Wildman–Crippen LogP) is -0.0543. The smallest absolute Gasteiger partial charge is 0.188 e. The van der Waals surface area contributed by atoms with Crippen LogP contribution in [0.1, 0.15) is 19.2 Å². The van der Waals surface area contributed by atoms with Crippen molar-refractivity contribution in [3.05, 3.63) is 5.82 Å². The molecule has 0 saturated carbocycles. The van der Waals surface area contributed by atoms with E-state index in [1.54, 1.807) is 7.05 Å². The van der Waals surface area contributed by atoms with Gasteiger partial charge in [0.15, 0.2) is 5.82 Å². The highest BCUT2D eigenvalue weighted by Gasteiger charge is 2.06. The molecule has 1 aromatic rings. The van der Waals surface area contributed by atoms with E-state index in [9.17, 15) is 0 Å². The van der Waals surface area contributed by atoms with Gasteiger partial charge in [-0.2, -0.15) is 10.1 Å². The highest BCUT2D eigenvalue weighted by atomic mass is 15.6. The van der Waals surface area contributed by atoms with Crippen LogP contribution in [-0.2, 0) is 13.6 Å². The first-order valence-corrected chi connectivity index (χ1v) is 4.58. The van der Waals surface area contributed by atoms with Gasteiger partial charge in [0.2, 0.25) is 0 Å². The molecule has 6 nitrogen and oxygen atoms in total. The monoisotopic (exact) mass is 194 g/mol. The van der Waals surface area contributed by atoms with Gasteiger partial charge in [0, 0.05) is 13.0 Å². The Morgan fingerprint density at radius 1 is 1.57 bits per heavy atom. The van der Waals surface area contributed by atoms with Gasteiger partial charge in [0.1, 0.15) is 0 Å². The van der Waals surface area contributed by atoms with Gasteiger partial charge < -0.3 is 0 Å². The van der Waals surface area contributed by atoms with Crippen LogP contribution in [0.5, 0.6) is 0 Å². The Bertz CT molecular complexity index is 312. The van der Waals surface area contributed by atoms with Crippen LogP contribution in [0.15, 0.2) is 0 Å². The molecule has 0 atom stereocenters. The molecular formula is C8H14N6. The van der Waals surface area contributed by atoms with Crippen LogP contribution in [0.2, 0.25) is 0 Å². The summed E-state index contributed by atoms with van der Waals surface area (Å²) in [5, 5.41) is 20.2. The number of aryl methyl sites for hydroxylation is 1. The summed E-state index contributed by atoms with van der Waals surface area (Å²) >= 11 is 0. The van der Waals surface area contributed by atoms with Crippen molar-refractivity contribution in [1.82, 2.24) is 25.1 Å². The van der Waals surface area contributed by atoms with Crippen molar-refractivity contribution in [2.24, 2.45) is 7.05 Å². The molecule has 6 heteroatoms. The van der Waals surface area contributed by atoms with Gasteiger partial charge in [-0.3, -0.25) is 4.90 Å². The molecule has 1 rings (SSSR count). The van der Waals surface area contributed by atoms with E-state index in [0.29, 0.717) is 18.8 Å². The molecule has 0 saturated heterocycles. The van der Waals surface area contributed by atoms with Crippen molar-refractivity contribution < 1.29 is 0 Å². The zero-order valence-corrected chi connectivity index (χ0v) is 8.51. The van der Waals surface area contributed by atoms with E-state index in [1.165, 1.54) is 4.80 Å². The number of nitriles is 1. The average Bonchev–Trinajstić information content (AvgIpc) is 2.58. The second kappa shape index (κ2) is 5.29. The third-order valence-electron chi connectivity index (χ3n) is 1.90. The van der Waals surface area contributed by atoms with Gasteiger partial charge >= 0.3 is 0 Å². The quantitative estimate of drug-likeness (QED) is 0.657. The van der Waals surface area contributed by atoms with E-state index < -0.39 is 0 Å². The maximum absolute atomic E-state index is 8.46. The molecule has 0 fully saturated rings. The van der Waals surface area contributed by atoms with E-state index >= 15 is 0 Å². The molecule has 0 bridgehead atoms. The molecule has 0 N–H and O–H groups in total. The third kappa shape index (κ3) is 3.11. The molecule has 0 aliphatic carbocycles. The van der Waals surface area contributed by atoms with E-state index in [1.807, 2.05) is 6.92 Å².